The van der Waals surface area contributed by atoms with E-state index in [0.717, 1.165) is 83.1 Å². The lowest BCUT2D eigenvalue weighted by atomic mass is 9.71. The molecular weight excluding hydrogens is 304 g/mol. The average Bonchev–Trinajstić information content (AvgIpc) is 3.30. The zero-order chi connectivity index (χ0) is 16.6. The van der Waals surface area contributed by atoms with Crippen molar-refractivity contribution in [1.29, 1.82) is 0 Å². The molecule has 0 N–H and O–H groups in total. The summed E-state index contributed by atoms with van der Waals surface area (Å²) in [5.41, 5.74) is 0.0968. The van der Waals surface area contributed by atoms with E-state index < -0.39 is 0 Å². The standard InChI is InChI=1S/C19H28N2O3/c1-15-4-5-16(24-15)12-20-13-17(18(22)21-8-2-3-9-21)19(14-20)6-10-23-11-7-19/h4-5,17H,2-3,6-14H2,1H3/t17-/m1/s1. The smallest absolute Gasteiger partial charge is 0.227 e. The Labute approximate surface area is 143 Å². The van der Waals surface area contributed by atoms with Gasteiger partial charge in [-0.25, -0.2) is 0 Å². The van der Waals surface area contributed by atoms with Crippen molar-refractivity contribution in [1.82, 2.24) is 9.80 Å². The van der Waals surface area contributed by atoms with Gasteiger partial charge in [-0.15, -0.1) is 0 Å². The molecule has 4 rings (SSSR count). The van der Waals surface area contributed by atoms with Gasteiger partial charge in [0, 0.05) is 44.8 Å². The highest BCUT2D eigenvalue weighted by Gasteiger charge is 2.51. The fourth-order valence-electron chi connectivity index (χ4n) is 4.77. The number of carbonyl (C=O) groups is 1. The van der Waals surface area contributed by atoms with Gasteiger partial charge < -0.3 is 14.1 Å². The Hall–Kier alpha value is -1.33. The van der Waals surface area contributed by atoms with Gasteiger partial charge >= 0.3 is 0 Å². The van der Waals surface area contributed by atoms with Crippen LogP contribution >= 0.6 is 0 Å². The normalized spacial score (nSPS) is 27.2. The molecule has 1 aromatic heterocycles. The number of hydrogen-bond acceptors (Lipinski definition) is 4. The van der Waals surface area contributed by atoms with Gasteiger partial charge in [0.15, 0.2) is 0 Å². The van der Waals surface area contributed by atoms with Crippen LogP contribution in [0.1, 0.15) is 37.2 Å². The van der Waals surface area contributed by atoms with Crippen molar-refractivity contribution in [2.24, 2.45) is 11.3 Å². The molecule has 0 unspecified atom stereocenters. The molecule has 24 heavy (non-hydrogen) atoms. The van der Waals surface area contributed by atoms with Crippen molar-refractivity contribution in [3.05, 3.63) is 23.7 Å². The van der Waals surface area contributed by atoms with E-state index >= 15 is 0 Å². The van der Waals surface area contributed by atoms with Crippen molar-refractivity contribution in [3.8, 4) is 0 Å². The van der Waals surface area contributed by atoms with Gasteiger partial charge in [0.2, 0.25) is 5.91 Å². The van der Waals surface area contributed by atoms with E-state index in [-0.39, 0.29) is 11.3 Å². The lowest BCUT2D eigenvalue weighted by molar-refractivity contribution is -0.139. The van der Waals surface area contributed by atoms with Crippen molar-refractivity contribution < 1.29 is 13.9 Å². The first-order valence-electron chi connectivity index (χ1n) is 9.30. The van der Waals surface area contributed by atoms with Crippen LogP contribution in [0.5, 0.6) is 0 Å². The van der Waals surface area contributed by atoms with Gasteiger partial charge in [-0.2, -0.15) is 0 Å². The number of nitrogens with zero attached hydrogens (tertiary/aromatic N) is 2. The number of carbonyl (C=O) groups excluding carboxylic acids is 1. The molecule has 0 bridgehead atoms. The highest BCUT2D eigenvalue weighted by atomic mass is 16.5. The number of hydrogen-bond donors (Lipinski definition) is 0. The lowest BCUT2D eigenvalue weighted by Crippen LogP contribution is -2.45. The number of rotatable bonds is 3. The van der Waals surface area contributed by atoms with Crippen LogP contribution in [0.2, 0.25) is 0 Å². The lowest BCUT2D eigenvalue weighted by Gasteiger charge is -2.38. The zero-order valence-electron chi connectivity index (χ0n) is 14.6. The van der Waals surface area contributed by atoms with Crippen LogP contribution in [0.25, 0.3) is 0 Å². The second kappa shape index (κ2) is 6.52. The molecule has 1 atom stereocenters. The Bertz CT molecular complexity index is 585. The van der Waals surface area contributed by atoms with E-state index in [1.54, 1.807) is 0 Å². The minimum absolute atomic E-state index is 0.0968. The van der Waals surface area contributed by atoms with Gasteiger partial charge in [-0.1, -0.05) is 0 Å². The molecule has 3 aliphatic heterocycles. The van der Waals surface area contributed by atoms with Crippen LogP contribution in [-0.2, 0) is 16.1 Å². The van der Waals surface area contributed by atoms with Crippen LogP contribution in [0.4, 0.5) is 0 Å². The Balaban J connectivity index is 1.52. The third-order valence-corrected chi connectivity index (χ3v) is 6.10. The summed E-state index contributed by atoms with van der Waals surface area (Å²) in [6.45, 7) is 8.09. The van der Waals surface area contributed by atoms with Crippen LogP contribution in [-0.4, -0.2) is 55.1 Å². The third-order valence-electron chi connectivity index (χ3n) is 6.10. The molecule has 3 fully saturated rings. The van der Waals surface area contributed by atoms with Crippen LogP contribution < -0.4 is 0 Å². The molecule has 5 nitrogen and oxygen atoms in total. The first kappa shape index (κ1) is 16.2. The summed E-state index contributed by atoms with van der Waals surface area (Å²) in [5, 5.41) is 0. The van der Waals surface area contributed by atoms with Gasteiger partial charge in [0.1, 0.15) is 11.5 Å². The maximum Gasteiger partial charge on any atom is 0.227 e. The Morgan fingerprint density at radius 2 is 2.00 bits per heavy atom. The predicted octanol–water partition coefficient (Wildman–Crippen LogP) is 2.44. The molecule has 1 aromatic rings. The molecule has 1 amide bonds. The van der Waals surface area contributed by atoms with E-state index in [1.807, 2.05) is 13.0 Å². The Morgan fingerprint density at radius 1 is 1.25 bits per heavy atom. The summed E-state index contributed by atoms with van der Waals surface area (Å²) in [7, 11) is 0. The summed E-state index contributed by atoms with van der Waals surface area (Å²) in [5.74, 6) is 2.46. The monoisotopic (exact) mass is 332 g/mol. The number of furan rings is 1. The first-order chi connectivity index (χ1) is 11.7. The summed E-state index contributed by atoms with van der Waals surface area (Å²) in [6, 6.07) is 4.07. The molecule has 3 saturated heterocycles. The quantitative estimate of drug-likeness (QED) is 0.853. The van der Waals surface area contributed by atoms with E-state index in [1.165, 1.54) is 0 Å². The summed E-state index contributed by atoms with van der Waals surface area (Å²) in [4.78, 5) is 17.7. The fourth-order valence-corrected chi connectivity index (χ4v) is 4.77. The maximum atomic E-state index is 13.2. The zero-order valence-corrected chi connectivity index (χ0v) is 14.6. The third kappa shape index (κ3) is 3.00. The van der Waals surface area contributed by atoms with E-state index in [0.29, 0.717) is 5.91 Å². The van der Waals surface area contributed by atoms with E-state index in [2.05, 4.69) is 15.9 Å². The van der Waals surface area contributed by atoms with Gasteiger partial charge in [0.25, 0.3) is 0 Å². The average molecular weight is 332 g/mol. The molecule has 0 saturated carbocycles. The van der Waals surface area contributed by atoms with Gasteiger partial charge in [-0.3, -0.25) is 9.69 Å². The summed E-state index contributed by atoms with van der Waals surface area (Å²) < 4.78 is 11.4. The van der Waals surface area contributed by atoms with Crippen molar-refractivity contribution in [3.63, 3.8) is 0 Å². The maximum absolute atomic E-state index is 13.2. The van der Waals surface area contributed by atoms with Gasteiger partial charge in [-0.05, 0) is 44.7 Å². The molecule has 0 aliphatic carbocycles. The molecule has 0 radical (unpaired) electrons. The topological polar surface area (TPSA) is 45.9 Å². The minimum Gasteiger partial charge on any atom is -0.465 e. The second-order valence-corrected chi connectivity index (χ2v) is 7.74. The second-order valence-electron chi connectivity index (χ2n) is 7.74. The van der Waals surface area contributed by atoms with Crippen molar-refractivity contribution in [2.45, 2.75) is 39.2 Å². The largest absolute Gasteiger partial charge is 0.465 e. The molecule has 1 spiro atoms. The van der Waals surface area contributed by atoms with Crippen LogP contribution in [0, 0.1) is 18.3 Å². The first-order valence-corrected chi connectivity index (χ1v) is 9.30. The minimum atomic E-state index is 0.0968. The van der Waals surface area contributed by atoms with Crippen molar-refractivity contribution >= 4 is 5.91 Å². The Kier molecular flexibility index (Phi) is 4.39. The molecule has 132 valence electrons. The number of aryl methyl sites for hydroxylation is 1. The van der Waals surface area contributed by atoms with Crippen molar-refractivity contribution in [2.75, 3.05) is 39.4 Å². The number of likely N-dealkylation sites (tertiary alicyclic amines) is 2. The molecule has 3 aliphatic rings. The molecule has 4 heterocycles. The van der Waals surface area contributed by atoms with E-state index in [4.69, 9.17) is 9.15 Å². The molecule has 0 aromatic carbocycles. The Morgan fingerprint density at radius 3 is 2.67 bits per heavy atom. The fraction of sp³-hybridized carbons (Fsp3) is 0.737. The molecule has 5 heteroatoms. The molecular formula is C19H28N2O3. The summed E-state index contributed by atoms with van der Waals surface area (Å²) >= 11 is 0. The SMILES string of the molecule is Cc1ccc(CN2C[C@H](C(=O)N3CCCC3)C3(CCOCC3)C2)o1. The van der Waals surface area contributed by atoms with Crippen LogP contribution in [0.15, 0.2) is 16.5 Å². The number of ether oxygens (including phenoxy) is 1. The number of amides is 1. The highest BCUT2D eigenvalue weighted by Crippen LogP contribution is 2.45. The highest BCUT2D eigenvalue weighted by molar-refractivity contribution is 5.80. The predicted molar refractivity (Wildman–Crippen MR) is 90.5 cm³/mol. The van der Waals surface area contributed by atoms with Crippen LogP contribution in [0.3, 0.4) is 0 Å². The van der Waals surface area contributed by atoms with Gasteiger partial charge in [0.05, 0.1) is 12.5 Å². The van der Waals surface area contributed by atoms with E-state index in [9.17, 15) is 4.79 Å². The summed E-state index contributed by atoms with van der Waals surface area (Å²) in [6.07, 6.45) is 4.32.